The molecule has 0 spiro atoms. The first-order valence-corrected chi connectivity index (χ1v) is 8.97. The number of carbonyl (C=O) groups is 1. The molecule has 2 aromatic rings. The zero-order valence-corrected chi connectivity index (χ0v) is 15.5. The van der Waals surface area contributed by atoms with E-state index in [0.29, 0.717) is 15.7 Å². The van der Waals surface area contributed by atoms with E-state index in [0.717, 1.165) is 32.0 Å². The highest BCUT2D eigenvalue weighted by atomic mass is 35.5. The lowest BCUT2D eigenvalue weighted by atomic mass is 10.2. The van der Waals surface area contributed by atoms with Crippen molar-refractivity contribution in [3.63, 3.8) is 0 Å². The number of benzene rings is 1. The van der Waals surface area contributed by atoms with Crippen LogP contribution in [0.2, 0.25) is 10.0 Å². The van der Waals surface area contributed by atoms with Gasteiger partial charge in [0.15, 0.2) is 0 Å². The zero-order chi connectivity index (χ0) is 17.8. The van der Waals surface area contributed by atoms with Crippen molar-refractivity contribution in [2.24, 2.45) is 0 Å². The van der Waals surface area contributed by atoms with Gasteiger partial charge in [-0.2, -0.15) is 0 Å². The maximum Gasteiger partial charge on any atom is 0.241 e. The second-order valence-electron chi connectivity index (χ2n) is 5.98. The number of piperazine rings is 1. The number of carbonyl (C=O) groups excluding carboxylic acids is 1. The van der Waals surface area contributed by atoms with Crippen molar-refractivity contribution in [3.05, 3.63) is 52.6 Å². The highest BCUT2D eigenvalue weighted by Crippen LogP contribution is 2.29. The second kappa shape index (κ2) is 8.04. The molecule has 1 fully saturated rings. The topological polar surface area (TPSA) is 48.5 Å². The number of aromatic nitrogens is 1. The van der Waals surface area contributed by atoms with Gasteiger partial charge in [0.2, 0.25) is 5.91 Å². The van der Waals surface area contributed by atoms with E-state index >= 15 is 0 Å². The Morgan fingerprint density at radius 1 is 1.12 bits per heavy atom. The minimum atomic E-state index is -0.249. The highest BCUT2D eigenvalue weighted by molar-refractivity contribution is 6.44. The summed E-state index contributed by atoms with van der Waals surface area (Å²) in [5.41, 5.74) is 0.540. The molecule has 1 saturated heterocycles. The Kier molecular flexibility index (Phi) is 5.78. The number of nitrogens with zero attached hydrogens (tertiary/aromatic N) is 3. The largest absolute Gasteiger partial charge is 0.354 e. The van der Waals surface area contributed by atoms with Gasteiger partial charge in [-0.15, -0.1) is 0 Å². The number of amides is 1. The smallest absolute Gasteiger partial charge is 0.241 e. The maximum absolute atomic E-state index is 12.5. The van der Waals surface area contributed by atoms with Crippen LogP contribution in [0.1, 0.15) is 6.92 Å². The standard InChI is InChI=1S/C18H20Cl2N4O/c1-13(18(25)22-15-6-4-5-14(19)17(15)20)23-9-11-24(12-10-23)16-7-2-3-8-21-16/h2-8,13H,9-12H2,1H3,(H,22,25). The number of rotatable bonds is 4. The summed E-state index contributed by atoms with van der Waals surface area (Å²) in [6, 6.07) is 10.9. The number of hydrogen-bond acceptors (Lipinski definition) is 4. The van der Waals surface area contributed by atoms with E-state index in [9.17, 15) is 4.79 Å². The Hall–Kier alpha value is -1.82. The van der Waals surface area contributed by atoms with Crippen molar-refractivity contribution in [2.75, 3.05) is 36.4 Å². The van der Waals surface area contributed by atoms with Gasteiger partial charge in [0.25, 0.3) is 0 Å². The number of halogens is 2. The van der Waals surface area contributed by atoms with Gasteiger partial charge in [-0.1, -0.05) is 35.3 Å². The van der Waals surface area contributed by atoms with Crippen molar-refractivity contribution in [3.8, 4) is 0 Å². The van der Waals surface area contributed by atoms with Crippen LogP contribution in [0, 0.1) is 0 Å². The van der Waals surface area contributed by atoms with Gasteiger partial charge in [0.1, 0.15) is 5.82 Å². The molecular formula is C18H20Cl2N4O. The molecule has 5 nitrogen and oxygen atoms in total. The van der Waals surface area contributed by atoms with Crippen LogP contribution in [-0.2, 0) is 4.79 Å². The van der Waals surface area contributed by atoms with E-state index in [1.54, 1.807) is 24.4 Å². The Labute approximate surface area is 157 Å². The minimum absolute atomic E-state index is 0.0875. The van der Waals surface area contributed by atoms with Crippen molar-refractivity contribution in [1.82, 2.24) is 9.88 Å². The number of nitrogens with one attached hydrogen (secondary N) is 1. The lowest BCUT2D eigenvalue weighted by molar-refractivity contribution is -0.120. The van der Waals surface area contributed by atoms with E-state index in [2.05, 4.69) is 20.1 Å². The molecule has 1 aromatic carbocycles. The summed E-state index contributed by atoms with van der Waals surface area (Å²) < 4.78 is 0. The van der Waals surface area contributed by atoms with Gasteiger partial charge < -0.3 is 10.2 Å². The molecule has 2 heterocycles. The monoisotopic (exact) mass is 378 g/mol. The average Bonchev–Trinajstić information content (AvgIpc) is 2.65. The number of anilines is 2. The Morgan fingerprint density at radius 2 is 1.88 bits per heavy atom. The fourth-order valence-corrected chi connectivity index (χ4v) is 3.23. The Balaban J connectivity index is 1.58. The Bertz CT molecular complexity index is 733. The summed E-state index contributed by atoms with van der Waals surface area (Å²) >= 11 is 12.1. The van der Waals surface area contributed by atoms with Gasteiger partial charge in [0, 0.05) is 32.4 Å². The second-order valence-corrected chi connectivity index (χ2v) is 6.76. The predicted molar refractivity (Wildman–Crippen MR) is 103 cm³/mol. The van der Waals surface area contributed by atoms with Gasteiger partial charge in [-0.05, 0) is 31.2 Å². The van der Waals surface area contributed by atoms with Gasteiger partial charge >= 0.3 is 0 Å². The first kappa shape index (κ1) is 18.0. The SMILES string of the molecule is CC(C(=O)Nc1cccc(Cl)c1Cl)N1CCN(c2ccccn2)CC1. The van der Waals surface area contributed by atoms with Crippen LogP contribution < -0.4 is 10.2 Å². The summed E-state index contributed by atoms with van der Waals surface area (Å²) in [6.45, 7) is 5.19. The molecule has 1 aliphatic rings. The highest BCUT2D eigenvalue weighted by Gasteiger charge is 2.26. The van der Waals surface area contributed by atoms with Crippen LogP contribution in [0.5, 0.6) is 0 Å². The van der Waals surface area contributed by atoms with Crippen LogP contribution in [0.15, 0.2) is 42.6 Å². The van der Waals surface area contributed by atoms with Crippen LogP contribution in [0.25, 0.3) is 0 Å². The fraction of sp³-hybridized carbons (Fsp3) is 0.333. The van der Waals surface area contributed by atoms with E-state index < -0.39 is 0 Å². The summed E-state index contributed by atoms with van der Waals surface area (Å²) in [4.78, 5) is 21.3. The first-order valence-electron chi connectivity index (χ1n) is 8.21. The third-order valence-corrected chi connectivity index (χ3v) is 5.24. The van der Waals surface area contributed by atoms with E-state index in [1.165, 1.54) is 0 Å². The van der Waals surface area contributed by atoms with Crippen LogP contribution in [-0.4, -0.2) is 48.0 Å². The molecule has 0 aliphatic carbocycles. The van der Waals surface area contributed by atoms with Crippen molar-refractivity contribution >= 4 is 40.6 Å². The van der Waals surface area contributed by atoms with Crippen molar-refractivity contribution < 1.29 is 4.79 Å². The fourth-order valence-electron chi connectivity index (χ4n) is 2.88. The summed E-state index contributed by atoms with van der Waals surface area (Å²) in [5.74, 6) is 0.889. The summed E-state index contributed by atoms with van der Waals surface area (Å²) in [6.07, 6.45) is 1.80. The molecule has 1 aliphatic heterocycles. The van der Waals surface area contributed by atoms with Gasteiger partial charge in [0.05, 0.1) is 21.8 Å². The molecule has 1 aromatic heterocycles. The third-order valence-electron chi connectivity index (χ3n) is 4.42. The zero-order valence-electron chi connectivity index (χ0n) is 14.0. The Morgan fingerprint density at radius 3 is 2.56 bits per heavy atom. The van der Waals surface area contributed by atoms with Crippen LogP contribution >= 0.6 is 23.2 Å². The lowest BCUT2D eigenvalue weighted by Crippen LogP contribution is -2.53. The quantitative estimate of drug-likeness (QED) is 0.883. The molecule has 7 heteroatoms. The molecule has 3 rings (SSSR count). The van der Waals surface area contributed by atoms with Crippen LogP contribution in [0.4, 0.5) is 11.5 Å². The van der Waals surface area contributed by atoms with E-state index in [1.807, 2.05) is 25.1 Å². The molecule has 1 atom stereocenters. The molecule has 25 heavy (non-hydrogen) atoms. The minimum Gasteiger partial charge on any atom is -0.354 e. The number of pyridine rings is 1. The van der Waals surface area contributed by atoms with Crippen molar-refractivity contribution in [1.29, 1.82) is 0 Å². The average molecular weight is 379 g/mol. The van der Waals surface area contributed by atoms with E-state index in [4.69, 9.17) is 23.2 Å². The molecule has 0 radical (unpaired) electrons. The molecule has 1 unspecified atom stereocenters. The summed E-state index contributed by atoms with van der Waals surface area (Å²) in [7, 11) is 0. The van der Waals surface area contributed by atoms with Crippen LogP contribution in [0.3, 0.4) is 0 Å². The summed E-state index contributed by atoms with van der Waals surface area (Å²) in [5, 5.41) is 3.66. The predicted octanol–water partition coefficient (Wildman–Crippen LogP) is 3.54. The van der Waals surface area contributed by atoms with Gasteiger partial charge in [-0.3, -0.25) is 9.69 Å². The maximum atomic E-state index is 12.5. The molecular weight excluding hydrogens is 359 g/mol. The molecule has 0 saturated carbocycles. The molecule has 0 bridgehead atoms. The van der Waals surface area contributed by atoms with Gasteiger partial charge in [-0.25, -0.2) is 4.98 Å². The van der Waals surface area contributed by atoms with E-state index in [-0.39, 0.29) is 11.9 Å². The first-order chi connectivity index (χ1) is 12.1. The number of hydrogen-bond donors (Lipinski definition) is 1. The molecule has 132 valence electrons. The molecule has 1 amide bonds. The normalized spacial score (nSPS) is 16.5. The van der Waals surface area contributed by atoms with Crippen molar-refractivity contribution in [2.45, 2.75) is 13.0 Å². The molecule has 1 N–H and O–H groups in total. The lowest BCUT2D eigenvalue weighted by Gasteiger charge is -2.38. The third kappa shape index (κ3) is 4.24.